The van der Waals surface area contributed by atoms with Gasteiger partial charge in [0.25, 0.3) is 0 Å². The Hall–Kier alpha value is -3.66. The predicted octanol–water partition coefficient (Wildman–Crippen LogP) is 2.89. The van der Waals surface area contributed by atoms with Gasteiger partial charge in [-0.05, 0) is 49.5 Å². The van der Waals surface area contributed by atoms with E-state index in [0.29, 0.717) is 28.9 Å². The van der Waals surface area contributed by atoms with Gasteiger partial charge >= 0.3 is 12.1 Å². The van der Waals surface area contributed by atoms with E-state index in [1.165, 1.54) is 17.8 Å². The summed E-state index contributed by atoms with van der Waals surface area (Å²) in [6.07, 6.45) is -0.140. The summed E-state index contributed by atoms with van der Waals surface area (Å²) in [7, 11) is 1.43. The molecule has 0 spiro atoms. The number of likely N-dealkylation sites (tertiary alicyclic amines) is 1. The van der Waals surface area contributed by atoms with Crippen molar-refractivity contribution < 1.29 is 38.0 Å². The normalized spacial score (nSPS) is 19.1. The van der Waals surface area contributed by atoms with Gasteiger partial charge in [-0.3, -0.25) is 4.79 Å². The molecule has 2 aromatic rings. The molecule has 1 aliphatic carbocycles. The van der Waals surface area contributed by atoms with Gasteiger partial charge in [-0.1, -0.05) is 18.1 Å². The highest BCUT2D eigenvalue weighted by Gasteiger charge is 2.30. The summed E-state index contributed by atoms with van der Waals surface area (Å²) in [4.78, 5) is 13.3. The van der Waals surface area contributed by atoms with Crippen molar-refractivity contribution >= 4 is 22.6 Å². The van der Waals surface area contributed by atoms with Gasteiger partial charge in [0, 0.05) is 36.7 Å². The molecule has 0 amide bonds. The number of ether oxygens (including phenoxy) is 1. The molecule has 12 heteroatoms. The number of aliphatic hydroxyl groups is 2. The highest BCUT2D eigenvalue weighted by atomic mass is 19.4. The van der Waals surface area contributed by atoms with E-state index in [2.05, 4.69) is 27.4 Å². The zero-order chi connectivity index (χ0) is 29.6. The van der Waals surface area contributed by atoms with Crippen LogP contribution in [0.5, 0.6) is 0 Å². The van der Waals surface area contributed by atoms with Gasteiger partial charge in [0.15, 0.2) is 0 Å². The number of methoxy groups -OCH3 is 1. The molecule has 0 radical (unpaired) electrons. The first-order valence-corrected chi connectivity index (χ1v) is 13.5. The van der Waals surface area contributed by atoms with E-state index in [-0.39, 0.29) is 31.3 Å². The minimum Gasteiger partial charge on any atom is -0.495 e. The molecule has 4 rings (SSSR count). The van der Waals surface area contributed by atoms with Crippen molar-refractivity contribution in [3.05, 3.63) is 53.6 Å². The van der Waals surface area contributed by atoms with E-state index < -0.39 is 30.7 Å². The minimum absolute atomic E-state index is 0.111. The van der Waals surface area contributed by atoms with E-state index in [4.69, 9.17) is 9.84 Å². The number of alkyl halides is 3. The third-order valence-corrected chi connectivity index (χ3v) is 7.22. The fourth-order valence-corrected chi connectivity index (χ4v) is 5.17. The van der Waals surface area contributed by atoms with Crippen LogP contribution in [0, 0.1) is 17.8 Å². The Balaban J connectivity index is 1.50. The maximum absolute atomic E-state index is 13.5. The van der Waals surface area contributed by atoms with Crippen molar-refractivity contribution in [2.75, 3.05) is 45.2 Å². The van der Waals surface area contributed by atoms with Crippen LogP contribution >= 0.6 is 0 Å². The molecular weight excluding hydrogens is 541 g/mol. The molecule has 1 fully saturated rings. The molecule has 1 aliphatic heterocycles. The number of carboxylic acids is 1. The quantitative estimate of drug-likeness (QED) is 0.274. The number of halogens is 3. The van der Waals surface area contributed by atoms with Crippen LogP contribution in [0.2, 0.25) is 0 Å². The highest BCUT2D eigenvalue weighted by molar-refractivity contribution is 5.94. The van der Waals surface area contributed by atoms with Crippen molar-refractivity contribution in [2.24, 2.45) is 5.92 Å². The van der Waals surface area contributed by atoms with E-state index in [1.807, 2.05) is 6.07 Å². The third-order valence-electron chi connectivity index (χ3n) is 7.22. The molecular formula is C29H35F3N4O5. The van der Waals surface area contributed by atoms with Crippen LogP contribution in [0.15, 0.2) is 47.9 Å². The van der Waals surface area contributed by atoms with Crippen molar-refractivity contribution in [3.8, 4) is 11.8 Å². The fourth-order valence-electron chi connectivity index (χ4n) is 5.17. The first-order valence-electron chi connectivity index (χ1n) is 13.5. The fraction of sp³-hybridized carbons (Fsp3) is 0.483. The van der Waals surface area contributed by atoms with Crippen LogP contribution < -0.4 is 10.6 Å². The van der Waals surface area contributed by atoms with Crippen LogP contribution in [-0.4, -0.2) is 89.0 Å². The highest BCUT2D eigenvalue weighted by Crippen LogP contribution is 2.31. The van der Waals surface area contributed by atoms with Crippen LogP contribution in [0.25, 0.3) is 10.9 Å². The molecule has 2 atom stereocenters. The summed E-state index contributed by atoms with van der Waals surface area (Å²) in [5, 5.41) is 35.2. The number of hydrogen-bond donors (Lipinski definition) is 5. The zero-order valence-corrected chi connectivity index (χ0v) is 22.7. The van der Waals surface area contributed by atoms with E-state index in [9.17, 15) is 28.2 Å². The average Bonchev–Trinajstić information content (AvgIpc) is 3.28. The van der Waals surface area contributed by atoms with Gasteiger partial charge in [-0.25, -0.2) is 0 Å². The number of rotatable bonds is 10. The second kappa shape index (κ2) is 13.3. The Kier molecular flexibility index (Phi) is 9.86. The maximum Gasteiger partial charge on any atom is 0.406 e. The molecule has 0 saturated carbocycles. The van der Waals surface area contributed by atoms with Gasteiger partial charge in [0.1, 0.15) is 12.3 Å². The second-order valence-electron chi connectivity index (χ2n) is 10.2. The van der Waals surface area contributed by atoms with E-state index in [1.54, 1.807) is 24.3 Å². The zero-order valence-electron chi connectivity index (χ0n) is 22.7. The van der Waals surface area contributed by atoms with Crippen molar-refractivity contribution in [3.63, 3.8) is 0 Å². The van der Waals surface area contributed by atoms with Crippen LogP contribution in [0.4, 0.5) is 18.9 Å². The average molecular weight is 577 g/mol. The number of hydrogen-bond acceptors (Lipinski definition) is 7. The SMILES string of the molecule is COC1=CC(C(=O)O)CC=C1NCC#Cc1cc2c(NC3CCN(CC(O)CO)CC3)cccc2n1CC(F)(F)F. The lowest BCUT2D eigenvalue weighted by Crippen LogP contribution is -2.43. The number of carbonyl (C=O) groups is 1. The summed E-state index contributed by atoms with van der Waals surface area (Å²) in [5.41, 5.74) is 1.96. The van der Waals surface area contributed by atoms with Crippen molar-refractivity contribution in [1.82, 2.24) is 14.8 Å². The Morgan fingerprint density at radius 3 is 2.68 bits per heavy atom. The monoisotopic (exact) mass is 576 g/mol. The molecule has 1 aromatic heterocycles. The second-order valence-corrected chi connectivity index (χ2v) is 10.2. The number of nitrogens with one attached hydrogen (secondary N) is 2. The molecule has 9 nitrogen and oxygen atoms in total. The number of carboxylic acid groups (broad SMARTS) is 1. The van der Waals surface area contributed by atoms with Crippen LogP contribution in [0.1, 0.15) is 25.0 Å². The van der Waals surface area contributed by atoms with Gasteiger partial charge < -0.3 is 40.2 Å². The number of aliphatic hydroxyl groups excluding tert-OH is 2. The first-order chi connectivity index (χ1) is 19.6. The lowest BCUT2D eigenvalue weighted by molar-refractivity contribution is -0.140. The Morgan fingerprint density at radius 1 is 1.27 bits per heavy atom. The number of piperidine rings is 1. The predicted molar refractivity (Wildman–Crippen MR) is 148 cm³/mol. The summed E-state index contributed by atoms with van der Waals surface area (Å²) < 4.78 is 47.1. The molecule has 1 saturated heterocycles. The lowest BCUT2D eigenvalue weighted by Gasteiger charge is -2.33. The van der Waals surface area contributed by atoms with E-state index >= 15 is 0 Å². The molecule has 5 N–H and O–H groups in total. The molecule has 222 valence electrons. The topological polar surface area (TPSA) is 119 Å². The number of benzene rings is 1. The van der Waals surface area contributed by atoms with E-state index in [0.717, 1.165) is 31.6 Å². The largest absolute Gasteiger partial charge is 0.495 e. The summed E-state index contributed by atoms with van der Waals surface area (Å²) in [6, 6.07) is 7.00. The Labute approximate surface area is 236 Å². The number of fused-ring (bicyclic) bond motifs is 1. The number of allylic oxidation sites excluding steroid dienone is 1. The van der Waals surface area contributed by atoms with Gasteiger partial charge in [0.05, 0.1) is 49.2 Å². The standard InChI is InChI=1S/C29H35F3N4O5/c1-41-27-14-19(28(39)40)7-8-25(27)33-11-3-4-21-15-23-24(5-2-6-26(23)36(21)18-29(30,31)32)34-20-9-12-35(13-10-20)16-22(38)17-37/h2,5-6,8,14-15,19-20,22,33-34,37-38H,7,9-13,16-18H2,1H3,(H,39,40). The Bertz CT molecular complexity index is 1350. The van der Waals surface area contributed by atoms with Gasteiger partial charge in [-0.2, -0.15) is 13.2 Å². The van der Waals surface area contributed by atoms with Crippen molar-refractivity contribution in [1.29, 1.82) is 0 Å². The third kappa shape index (κ3) is 7.97. The molecule has 0 bridgehead atoms. The maximum atomic E-state index is 13.5. The number of aromatic nitrogens is 1. The molecule has 1 aromatic carbocycles. The molecule has 2 unspecified atom stereocenters. The van der Waals surface area contributed by atoms with Crippen molar-refractivity contribution in [2.45, 2.75) is 44.1 Å². The minimum atomic E-state index is -4.44. The smallest absolute Gasteiger partial charge is 0.406 e. The van der Waals surface area contributed by atoms with Gasteiger partial charge in [0.2, 0.25) is 0 Å². The summed E-state index contributed by atoms with van der Waals surface area (Å²) in [6.45, 7) is 0.521. The number of anilines is 1. The number of nitrogens with zero attached hydrogens (tertiary/aromatic N) is 2. The van der Waals surface area contributed by atoms with Gasteiger partial charge in [-0.15, -0.1) is 0 Å². The molecule has 41 heavy (non-hydrogen) atoms. The lowest BCUT2D eigenvalue weighted by atomic mass is 9.98. The van der Waals surface area contributed by atoms with Crippen LogP contribution in [0.3, 0.4) is 0 Å². The first kappa shape index (κ1) is 30.3. The number of β-amino-alcohol motifs (C(OH)–C–C–N with tert-alkyl or cyclic N) is 1. The molecule has 2 heterocycles. The summed E-state index contributed by atoms with van der Waals surface area (Å²) >= 11 is 0. The van der Waals surface area contributed by atoms with Crippen LogP contribution in [-0.2, 0) is 16.1 Å². The Morgan fingerprint density at radius 2 is 2.02 bits per heavy atom. The summed E-state index contributed by atoms with van der Waals surface area (Å²) in [5.74, 6) is 4.50. The number of aliphatic carboxylic acids is 1. The molecule has 2 aliphatic rings.